The van der Waals surface area contributed by atoms with Gasteiger partial charge in [0.25, 0.3) is 5.56 Å². The largest absolute Gasteiger partial charge is 0.370 e. The van der Waals surface area contributed by atoms with Crippen LogP contribution in [0.5, 0.6) is 0 Å². The number of aromatic nitrogens is 3. The molecular formula is C18H21N3O2S. The van der Waals surface area contributed by atoms with Gasteiger partial charge in [-0.25, -0.2) is 9.97 Å². The minimum Gasteiger partial charge on any atom is -0.370 e. The molecule has 0 fully saturated rings. The maximum Gasteiger partial charge on any atom is 0.271 e. The SMILES string of the molecule is CC(C)Cn1cnc2c(sc3nc4c(cc32)COC(C)(C)C4)c1=O. The van der Waals surface area contributed by atoms with E-state index in [9.17, 15) is 4.79 Å². The highest BCUT2D eigenvalue weighted by Gasteiger charge is 2.28. The lowest BCUT2D eigenvalue weighted by atomic mass is 9.95. The molecule has 1 aliphatic rings. The Labute approximate surface area is 144 Å². The number of hydrogen-bond donors (Lipinski definition) is 0. The summed E-state index contributed by atoms with van der Waals surface area (Å²) in [7, 11) is 0. The number of pyridine rings is 1. The maximum atomic E-state index is 12.7. The maximum absolute atomic E-state index is 12.7. The minimum absolute atomic E-state index is 0.0336. The predicted molar refractivity (Wildman–Crippen MR) is 96.6 cm³/mol. The molecule has 5 nitrogen and oxygen atoms in total. The van der Waals surface area contributed by atoms with Crippen molar-refractivity contribution in [1.82, 2.24) is 14.5 Å². The Hall–Kier alpha value is -1.79. The molecule has 4 rings (SSSR count). The van der Waals surface area contributed by atoms with Crippen LogP contribution >= 0.6 is 11.3 Å². The lowest BCUT2D eigenvalue weighted by Crippen LogP contribution is -2.32. The summed E-state index contributed by atoms with van der Waals surface area (Å²) >= 11 is 1.45. The molecule has 0 atom stereocenters. The number of rotatable bonds is 2. The summed E-state index contributed by atoms with van der Waals surface area (Å²) in [6.45, 7) is 9.60. The summed E-state index contributed by atoms with van der Waals surface area (Å²) in [6.07, 6.45) is 2.45. The van der Waals surface area contributed by atoms with Gasteiger partial charge in [-0.3, -0.25) is 9.36 Å². The lowest BCUT2D eigenvalue weighted by molar-refractivity contribution is -0.0411. The topological polar surface area (TPSA) is 57.0 Å². The van der Waals surface area contributed by atoms with E-state index >= 15 is 0 Å². The Kier molecular flexibility index (Phi) is 3.51. The molecule has 24 heavy (non-hydrogen) atoms. The molecule has 0 spiro atoms. The van der Waals surface area contributed by atoms with E-state index in [1.807, 2.05) is 0 Å². The number of nitrogens with zero attached hydrogens (tertiary/aromatic N) is 3. The smallest absolute Gasteiger partial charge is 0.271 e. The van der Waals surface area contributed by atoms with Crippen LogP contribution in [0, 0.1) is 5.92 Å². The second kappa shape index (κ2) is 5.36. The first-order chi connectivity index (χ1) is 11.3. The normalized spacial score (nSPS) is 16.9. The number of hydrogen-bond acceptors (Lipinski definition) is 5. The van der Waals surface area contributed by atoms with E-state index in [0.717, 1.165) is 33.4 Å². The molecule has 0 saturated heterocycles. The first-order valence-corrected chi connectivity index (χ1v) is 9.10. The molecule has 0 saturated carbocycles. The Balaban J connectivity index is 1.92. The zero-order chi connectivity index (χ0) is 17.1. The number of thiophene rings is 1. The zero-order valence-electron chi connectivity index (χ0n) is 14.4. The van der Waals surface area contributed by atoms with Crippen molar-refractivity contribution >= 4 is 31.8 Å². The van der Waals surface area contributed by atoms with Crippen molar-refractivity contribution in [2.24, 2.45) is 5.92 Å². The highest BCUT2D eigenvalue weighted by atomic mass is 32.1. The van der Waals surface area contributed by atoms with E-state index in [0.29, 0.717) is 23.8 Å². The van der Waals surface area contributed by atoms with Crippen LogP contribution in [0.1, 0.15) is 39.0 Å². The van der Waals surface area contributed by atoms with E-state index in [-0.39, 0.29) is 11.2 Å². The quantitative estimate of drug-likeness (QED) is 0.714. The molecule has 0 bridgehead atoms. The van der Waals surface area contributed by atoms with E-state index in [1.54, 1.807) is 10.9 Å². The second-order valence-electron chi connectivity index (χ2n) is 7.55. The fourth-order valence-corrected chi connectivity index (χ4v) is 4.28. The highest BCUT2D eigenvalue weighted by molar-refractivity contribution is 7.25. The van der Waals surface area contributed by atoms with Gasteiger partial charge in [0, 0.05) is 23.9 Å². The van der Waals surface area contributed by atoms with Crippen molar-refractivity contribution in [3.05, 3.63) is 34.0 Å². The molecule has 6 heteroatoms. The Morgan fingerprint density at radius 2 is 2.21 bits per heavy atom. The molecule has 0 N–H and O–H groups in total. The van der Waals surface area contributed by atoms with Gasteiger partial charge in [0.05, 0.1) is 29.7 Å². The Morgan fingerprint density at radius 3 is 2.96 bits per heavy atom. The first kappa shape index (κ1) is 15.7. The molecule has 0 aromatic carbocycles. The van der Waals surface area contributed by atoms with E-state index in [1.165, 1.54) is 11.3 Å². The molecule has 3 aromatic heterocycles. The monoisotopic (exact) mass is 343 g/mol. The highest BCUT2D eigenvalue weighted by Crippen LogP contribution is 2.34. The first-order valence-electron chi connectivity index (χ1n) is 8.28. The van der Waals surface area contributed by atoms with Gasteiger partial charge in [0.1, 0.15) is 9.53 Å². The predicted octanol–water partition coefficient (Wildman–Crippen LogP) is 3.51. The van der Waals surface area contributed by atoms with Crippen molar-refractivity contribution < 1.29 is 4.74 Å². The third-order valence-corrected chi connectivity index (χ3v) is 5.46. The van der Waals surface area contributed by atoms with E-state index in [2.05, 4.69) is 38.7 Å². The van der Waals surface area contributed by atoms with Crippen molar-refractivity contribution in [2.75, 3.05) is 0 Å². The van der Waals surface area contributed by atoms with Crippen LogP contribution in [0.2, 0.25) is 0 Å². The molecule has 3 aromatic rings. The Bertz CT molecular complexity index is 1000. The molecule has 0 aliphatic carbocycles. The third kappa shape index (κ3) is 2.54. The van der Waals surface area contributed by atoms with Gasteiger partial charge < -0.3 is 4.74 Å². The van der Waals surface area contributed by atoms with Crippen molar-refractivity contribution in [3.63, 3.8) is 0 Å². The van der Waals surface area contributed by atoms with Crippen LogP contribution < -0.4 is 5.56 Å². The van der Waals surface area contributed by atoms with Crippen LogP contribution in [0.15, 0.2) is 17.2 Å². The molecule has 1 aliphatic heterocycles. The van der Waals surface area contributed by atoms with Crippen LogP contribution in [0.25, 0.3) is 20.4 Å². The molecule has 0 unspecified atom stereocenters. The number of ether oxygens (including phenoxy) is 1. The van der Waals surface area contributed by atoms with Crippen molar-refractivity contribution in [2.45, 2.75) is 52.9 Å². The summed E-state index contributed by atoms with van der Waals surface area (Å²) in [6, 6.07) is 2.10. The lowest BCUT2D eigenvalue weighted by Gasteiger charge is -2.30. The van der Waals surface area contributed by atoms with Gasteiger partial charge in [-0.1, -0.05) is 13.8 Å². The fourth-order valence-electron chi connectivity index (χ4n) is 3.20. The third-order valence-electron chi connectivity index (χ3n) is 4.38. The van der Waals surface area contributed by atoms with Gasteiger partial charge in [-0.15, -0.1) is 11.3 Å². The van der Waals surface area contributed by atoms with Crippen molar-refractivity contribution in [1.29, 1.82) is 0 Å². The van der Waals surface area contributed by atoms with Gasteiger partial charge in [-0.2, -0.15) is 0 Å². The molecule has 126 valence electrons. The number of fused-ring (bicyclic) bond motifs is 4. The summed E-state index contributed by atoms with van der Waals surface area (Å²) in [5.41, 5.74) is 2.79. The standard InChI is InChI=1S/C18H21N3O2S/c1-10(2)7-21-9-19-14-12-5-11-8-23-18(3,4)6-13(11)20-16(12)24-15(14)17(21)22/h5,9-10H,6-8H2,1-4H3. The molecule has 0 radical (unpaired) electrons. The van der Waals surface area contributed by atoms with Crippen LogP contribution in [0.4, 0.5) is 0 Å². The molecular weight excluding hydrogens is 322 g/mol. The van der Waals surface area contributed by atoms with E-state index in [4.69, 9.17) is 9.72 Å². The van der Waals surface area contributed by atoms with Crippen LogP contribution in [0.3, 0.4) is 0 Å². The van der Waals surface area contributed by atoms with Gasteiger partial charge in [0.15, 0.2) is 0 Å². The zero-order valence-corrected chi connectivity index (χ0v) is 15.2. The van der Waals surface area contributed by atoms with Crippen LogP contribution in [-0.4, -0.2) is 20.1 Å². The van der Waals surface area contributed by atoms with Crippen LogP contribution in [-0.2, 0) is 24.3 Å². The summed E-state index contributed by atoms with van der Waals surface area (Å²) in [4.78, 5) is 23.0. The molecule has 0 amide bonds. The second-order valence-corrected chi connectivity index (χ2v) is 8.55. The van der Waals surface area contributed by atoms with E-state index < -0.39 is 0 Å². The summed E-state index contributed by atoms with van der Waals surface area (Å²) in [5, 5.41) is 0.964. The van der Waals surface area contributed by atoms with Crippen molar-refractivity contribution in [3.8, 4) is 0 Å². The van der Waals surface area contributed by atoms with Gasteiger partial charge in [0.2, 0.25) is 0 Å². The Morgan fingerprint density at radius 1 is 1.42 bits per heavy atom. The van der Waals surface area contributed by atoms with Gasteiger partial charge in [-0.05, 0) is 25.8 Å². The average Bonchev–Trinajstić information content (AvgIpc) is 2.85. The molecule has 4 heterocycles. The summed E-state index contributed by atoms with van der Waals surface area (Å²) < 4.78 is 8.29. The van der Waals surface area contributed by atoms with Gasteiger partial charge >= 0.3 is 0 Å². The fraction of sp³-hybridized carbons (Fsp3) is 0.500. The minimum atomic E-state index is -0.188. The average molecular weight is 343 g/mol. The summed E-state index contributed by atoms with van der Waals surface area (Å²) in [5.74, 6) is 0.404.